The van der Waals surface area contributed by atoms with Gasteiger partial charge in [0.15, 0.2) is 0 Å². The molecule has 0 unspecified atom stereocenters. The molecule has 0 radical (unpaired) electrons. The van der Waals surface area contributed by atoms with Crippen molar-refractivity contribution in [3.05, 3.63) is 64.2 Å². The Kier molecular flexibility index (Phi) is 10.2. The molecule has 40 heavy (non-hydrogen) atoms. The number of hydrogen-bond acceptors (Lipinski definition) is 8. The van der Waals surface area contributed by atoms with Crippen LogP contribution in [0.15, 0.2) is 53.4 Å². The van der Waals surface area contributed by atoms with Gasteiger partial charge in [-0.15, -0.1) is 0 Å². The Morgan fingerprint density at radius 3 is 2.35 bits per heavy atom. The molecule has 3 amide bonds. The minimum atomic E-state index is -4.27. The normalized spacial score (nSPS) is 15.8. The molecule has 3 rings (SSSR count). The van der Waals surface area contributed by atoms with Crippen molar-refractivity contribution in [2.45, 2.75) is 56.0 Å². The third kappa shape index (κ3) is 7.33. The summed E-state index contributed by atoms with van der Waals surface area (Å²) in [6, 6.07) is 9.03. The van der Waals surface area contributed by atoms with Gasteiger partial charge in [0.2, 0.25) is 17.7 Å². The van der Waals surface area contributed by atoms with Crippen molar-refractivity contribution in [2.75, 3.05) is 23.9 Å². The van der Waals surface area contributed by atoms with Crippen molar-refractivity contribution in [1.82, 2.24) is 10.2 Å². The third-order valence-corrected chi connectivity index (χ3v) is 8.51. The molecule has 14 heteroatoms. The maximum atomic E-state index is 13.7. The number of anilines is 1. The highest BCUT2D eigenvalue weighted by atomic mass is 32.2. The number of nitrogens with one attached hydrogen (secondary N) is 1. The molecule has 2 atom stereocenters. The molecule has 0 spiro atoms. The van der Waals surface area contributed by atoms with Crippen LogP contribution in [0.1, 0.15) is 37.7 Å². The summed E-state index contributed by atoms with van der Waals surface area (Å²) >= 11 is 0. The lowest BCUT2D eigenvalue weighted by Crippen LogP contribution is -2.53. The van der Waals surface area contributed by atoms with Gasteiger partial charge in [-0.05, 0) is 69.8 Å². The van der Waals surface area contributed by atoms with Gasteiger partial charge in [0.05, 0.1) is 15.5 Å². The molecule has 1 saturated heterocycles. The van der Waals surface area contributed by atoms with Crippen LogP contribution in [0.4, 0.5) is 11.4 Å². The quantitative estimate of drug-likeness (QED) is 0.180. The number of nitro groups is 1. The Hall–Kier alpha value is -4.04. The van der Waals surface area contributed by atoms with E-state index in [-0.39, 0.29) is 22.8 Å². The Morgan fingerprint density at radius 2 is 1.77 bits per heavy atom. The lowest BCUT2D eigenvalue weighted by molar-refractivity contribution is -0.384. The minimum Gasteiger partial charge on any atom is -0.368 e. The highest BCUT2D eigenvalue weighted by molar-refractivity contribution is 7.92. The number of nitro benzene ring substituents is 1. The number of aryl methyl sites for hydroxylation is 1. The first-order valence-electron chi connectivity index (χ1n) is 12.9. The lowest BCUT2D eigenvalue weighted by atomic mass is 10.1. The van der Waals surface area contributed by atoms with Crippen LogP contribution in [0.5, 0.6) is 0 Å². The zero-order chi connectivity index (χ0) is 29.4. The Balaban J connectivity index is 1.86. The van der Waals surface area contributed by atoms with E-state index in [4.69, 9.17) is 11.5 Å². The number of amides is 3. The number of benzene rings is 2. The first-order chi connectivity index (χ1) is 18.9. The highest BCUT2D eigenvalue weighted by Gasteiger charge is 2.38. The molecular weight excluding hydrogens is 540 g/mol. The van der Waals surface area contributed by atoms with E-state index < -0.39 is 51.3 Å². The summed E-state index contributed by atoms with van der Waals surface area (Å²) in [4.78, 5) is 50.2. The van der Waals surface area contributed by atoms with Crippen molar-refractivity contribution in [3.63, 3.8) is 0 Å². The van der Waals surface area contributed by atoms with E-state index >= 15 is 0 Å². The van der Waals surface area contributed by atoms with Crippen molar-refractivity contribution >= 4 is 39.1 Å². The number of primary amides is 1. The summed E-state index contributed by atoms with van der Waals surface area (Å²) in [7, 11) is -4.27. The zero-order valence-electron chi connectivity index (χ0n) is 22.2. The van der Waals surface area contributed by atoms with Crippen LogP contribution in [0.2, 0.25) is 0 Å². The minimum absolute atomic E-state index is 0.0495. The largest absolute Gasteiger partial charge is 0.368 e. The molecule has 0 bridgehead atoms. The average molecular weight is 575 g/mol. The summed E-state index contributed by atoms with van der Waals surface area (Å²) in [5, 5.41) is 13.7. The fourth-order valence-electron chi connectivity index (χ4n) is 4.49. The number of nitrogens with zero attached hydrogens (tertiary/aromatic N) is 3. The van der Waals surface area contributed by atoms with Crippen LogP contribution in [0.3, 0.4) is 0 Å². The number of non-ortho nitro benzene ring substituents is 1. The van der Waals surface area contributed by atoms with Crippen LogP contribution in [-0.4, -0.2) is 67.7 Å². The molecule has 1 fully saturated rings. The van der Waals surface area contributed by atoms with Gasteiger partial charge < -0.3 is 21.7 Å². The van der Waals surface area contributed by atoms with Gasteiger partial charge in [-0.3, -0.25) is 28.8 Å². The van der Waals surface area contributed by atoms with Gasteiger partial charge in [0.1, 0.15) is 18.6 Å². The zero-order valence-corrected chi connectivity index (χ0v) is 23.0. The summed E-state index contributed by atoms with van der Waals surface area (Å²) < 4.78 is 28.2. The van der Waals surface area contributed by atoms with Gasteiger partial charge in [0.25, 0.3) is 15.7 Å². The van der Waals surface area contributed by atoms with Crippen LogP contribution in [-0.2, 0) is 24.4 Å². The predicted molar refractivity (Wildman–Crippen MR) is 148 cm³/mol. The average Bonchev–Trinajstić information content (AvgIpc) is 3.42. The number of sulfonamides is 1. The van der Waals surface area contributed by atoms with E-state index in [1.54, 1.807) is 19.1 Å². The maximum Gasteiger partial charge on any atom is 0.269 e. The summed E-state index contributed by atoms with van der Waals surface area (Å²) in [6.45, 7) is 1.80. The van der Waals surface area contributed by atoms with Crippen molar-refractivity contribution in [1.29, 1.82) is 0 Å². The number of likely N-dealkylation sites (tertiary alicyclic amines) is 1. The first-order valence-corrected chi connectivity index (χ1v) is 14.3. The Labute approximate surface area is 232 Å². The molecule has 1 aliphatic rings. The second-order valence-corrected chi connectivity index (χ2v) is 11.5. The molecule has 2 aromatic rings. The third-order valence-electron chi connectivity index (χ3n) is 6.72. The SMILES string of the molecule is Cc1ccc(S(=O)(=O)N(CC(=O)N2CCC[C@H]2C(=O)N[C@@H](CCCCN)C(N)=O)c2ccc([N+](=O)[O-])cc2)cc1. The smallest absolute Gasteiger partial charge is 0.269 e. The van der Waals surface area contributed by atoms with E-state index in [2.05, 4.69) is 5.32 Å². The summed E-state index contributed by atoms with van der Waals surface area (Å²) in [6.07, 6.45) is 2.37. The van der Waals surface area contributed by atoms with Crippen LogP contribution in [0.25, 0.3) is 0 Å². The van der Waals surface area contributed by atoms with Gasteiger partial charge in [-0.2, -0.15) is 0 Å². The molecule has 13 nitrogen and oxygen atoms in total. The van der Waals surface area contributed by atoms with Gasteiger partial charge in [-0.25, -0.2) is 8.42 Å². The number of carbonyl (C=O) groups is 3. The molecule has 5 N–H and O–H groups in total. The van der Waals surface area contributed by atoms with E-state index in [0.717, 1.165) is 22.0 Å². The second-order valence-electron chi connectivity index (χ2n) is 9.59. The first kappa shape index (κ1) is 30.5. The number of rotatable bonds is 13. The van der Waals surface area contributed by atoms with Gasteiger partial charge in [-0.1, -0.05) is 17.7 Å². The van der Waals surface area contributed by atoms with Crippen LogP contribution in [0, 0.1) is 17.0 Å². The van der Waals surface area contributed by atoms with Crippen molar-refractivity contribution in [3.8, 4) is 0 Å². The number of unbranched alkanes of at least 4 members (excludes halogenated alkanes) is 1. The molecule has 1 aliphatic heterocycles. The lowest BCUT2D eigenvalue weighted by Gasteiger charge is -2.29. The molecule has 0 aromatic heterocycles. The summed E-state index contributed by atoms with van der Waals surface area (Å²) in [5.41, 5.74) is 11.6. The molecular formula is C26H34N6O7S. The number of carbonyl (C=O) groups excluding carboxylic acids is 3. The van der Waals surface area contributed by atoms with Crippen LogP contribution < -0.4 is 21.1 Å². The van der Waals surface area contributed by atoms with E-state index in [1.165, 1.54) is 29.2 Å². The fraction of sp³-hybridized carbons (Fsp3) is 0.423. The molecule has 216 valence electrons. The molecule has 0 aliphatic carbocycles. The van der Waals surface area contributed by atoms with Crippen LogP contribution >= 0.6 is 0 Å². The van der Waals surface area contributed by atoms with E-state index in [9.17, 15) is 32.9 Å². The van der Waals surface area contributed by atoms with Gasteiger partial charge in [0, 0.05) is 18.7 Å². The van der Waals surface area contributed by atoms with Crippen molar-refractivity contribution < 1.29 is 27.7 Å². The highest BCUT2D eigenvalue weighted by Crippen LogP contribution is 2.27. The van der Waals surface area contributed by atoms with E-state index in [1.807, 2.05) is 0 Å². The maximum absolute atomic E-state index is 13.7. The number of nitrogens with two attached hydrogens (primary N) is 2. The van der Waals surface area contributed by atoms with Crippen molar-refractivity contribution in [2.24, 2.45) is 11.5 Å². The fourth-order valence-corrected chi connectivity index (χ4v) is 5.91. The predicted octanol–water partition coefficient (Wildman–Crippen LogP) is 1.19. The van der Waals surface area contributed by atoms with E-state index in [0.29, 0.717) is 38.6 Å². The Bertz CT molecular complexity index is 1330. The Morgan fingerprint density at radius 1 is 1.12 bits per heavy atom. The monoisotopic (exact) mass is 574 g/mol. The van der Waals surface area contributed by atoms with Gasteiger partial charge >= 0.3 is 0 Å². The molecule has 1 heterocycles. The topological polar surface area (TPSA) is 199 Å². The number of hydrogen-bond donors (Lipinski definition) is 3. The standard InChI is InChI=1S/C26H34N6O7S/c1-18-7-13-21(14-8-18)40(38,39)31(19-9-11-20(12-10-19)32(36)37)17-24(33)30-16-4-6-23(30)26(35)29-22(25(28)34)5-2-3-15-27/h7-14,22-23H,2-6,15-17,27H2,1H3,(H2,28,34)(H,29,35)/t22-,23-/m0/s1. The second kappa shape index (κ2) is 13.3. The molecule has 0 saturated carbocycles. The molecule has 2 aromatic carbocycles. The summed E-state index contributed by atoms with van der Waals surface area (Å²) in [5.74, 6) is -1.88.